The Morgan fingerprint density at radius 3 is 2.22 bits per heavy atom. The molecule has 0 aliphatic carbocycles. The molecule has 0 saturated heterocycles. The number of hydrogen-bond acceptors (Lipinski definition) is 2. The largest absolute Gasteiger partial charge is 0.293 e. The van der Waals surface area contributed by atoms with E-state index in [2.05, 4.69) is 41.7 Å². The monoisotopic (exact) mass is 335 g/mol. The number of halogens is 2. The molecule has 0 unspecified atom stereocenters. The summed E-state index contributed by atoms with van der Waals surface area (Å²) in [6.07, 6.45) is 0. The Balaban J connectivity index is 3.53. The van der Waals surface area contributed by atoms with Gasteiger partial charge in [-0.1, -0.05) is 20.8 Å². The molecule has 5 heteroatoms. The van der Waals surface area contributed by atoms with Crippen molar-refractivity contribution in [2.24, 2.45) is 0 Å². The first kappa shape index (κ1) is 15.6. The van der Waals surface area contributed by atoms with E-state index in [1.165, 1.54) is 6.92 Å². The highest BCUT2D eigenvalue weighted by Gasteiger charge is 2.27. The minimum Gasteiger partial charge on any atom is -0.293 e. The molecule has 0 aliphatic rings. The Bertz CT molecular complexity index is 452. The summed E-state index contributed by atoms with van der Waals surface area (Å²) in [5.74, 6) is 2.01. The van der Waals surface area contributed by atoms with E-state index < -0.39 is 15.8 Å². The summed E-state index contributed by atoms with van der Waals surface area (Å²) < 4.78 is 15.0. The molecule has 102 valence electrons. The highest BCUT2D eigenvalue weighted by molar-refractivity contribution is 9.10. The number of ketones is 1. The van der Waals surface area contributed by atoms with Crippen molar-refractivity contribution < 1.29 is 9.18 Å². The minimum atomic E-state index is -1.20. The molecule has 1 aromatic heterocycles. The average molecular weight is 336 g/mol. The zero-order valence-electron chi connectivity index (χ0n) is 11.2. The van der Waals surface area contributed by atoms with Crippen molar-refractivity contribution in [1.29, 1.82) is 0 Å². The minimum absolute atomic E-state index is 0.0494. The number of hydrogen-bond donors (Lipinski definition) is 0. The van der Waals surface area contributed by atoms with Gasteiger partial charge in [-0.3, -0.25) is 4.79 Å². The van der Waals surface area contributed by atoms with E-state index in [0.717, 1.165) is 17.3 Å². The second-order valence-corrected chi connectivity index (χ2v) is 9.15. The highest BCUT2D eigenvalue weighted by Crippen LogP contribution is 2.56. The van der Waals surface area contributed by atoms with Crippen LogP contribution in [0, 0.1) is 5.82 Å². The zero-order valence-corrected chi connectivity index (χ0v) is 13.6. The van der Waals surface area contributed by atoms with Crippen LogP contribution in [0.3, 0.4) is 0 Å². The lowest BCUT2D eigenvalue weighted by Crippen LogP contribution is -2.14. The van der Waals surface area contributed by atoms with Crippen molar-refractivity contribution in [3.8, 4) is 0 Å². The van der Waals surface area contributed by atoms with Crippen LogP contribution in [0.25, 0.3) is 0 Å². The number of rotatable bonds is 5. The lowest BCUT2D eigenvalue weighted by Gasteiger charge is -2.38. The zero-order chi connectivity index (χ0) is 13.9. The first-order valence-corrected chi connectivity index (χ1v) is 8.98. The van der Waals surface area contributed by atoms with Crippen molar-refractivity contribution in [1.82, 2.24) is 4.98 Å². The number of carbonyl (C=O) groups is 1. The fourth-order valence-electron chi connectivity index (χ4n) is 2.10. The number of nitrogens with zero attached hydrogens (tertiary/aromatic N) is 1. The van der Waals surface area contributed by atoms with Crippen molar-refractivity contribution in [2.75, 3.05) is 17.3 Å². The molecule has 0 aliphatic heterocycles. The van der Waals surface area contributed by atoms with Crippen LogP contribution >= 0.6 is 26.0 Å². The Labute approximate surface area is 118 Å². The number of pyridine rings is 1. The van der Waals surface area contributed by atoms with Crippen molar-refractivity contribution >= 4 is 31.7 Å². The molecular formula is C13H19BrFNOS. The standard InChI is InChI=1S/C13H19BrFNOS/c1-5-18(6-2,7-3)10-8-11(14)16-13(9(4)17)12(10)15/h8H,5-7H2,1-4H3. The Hall–Kier alpha value is -0.420. The molecule has 0 bridgehead atoms. The Kier molecular flexibility index (Phi) is 5.34. The second kappa shape index (κ2) is 6.15. The lowest BCUT2D eigenvalue weighted by atomic mass is 10.2. The molecule has 0 saturated carbocycles. The summed E-state index contributed by atoms with van der Waals surface area (Å²) in [7, 11) is -1.20. The molecule has 2 nitrogen and oxygen atoms in total. The van der Waals surface area contributed by atoms with Crippen LogP contribution in [0.4, 0.5) is 4.39 Å². The average Bonchev–Trinajstić information content (AvgIpc) is 2.35. The SMILES string of the molecule is CCS(CC)(CC)c1cc(Br)nc(C(C)=O)c1F. The molecule has 0 atom stereocenters. The van der Waals surface area contributed by atoms with Crippen LogP contribution in [0.1, 0.15) is 38.2 Å². The van der Waals surface area contributed by atoms with Crippen LogP contribution in [-0.2, 0) is 0 Å². The van der Waals surface area contributed by atoms with Gasteiger partial charge in [0.1, 0.15) is 10.3 Å². The van der Waals surface area contributed by atoms with E-state index >= 15 is 0 Å². The maximum Gasteiger partial charge on any atom is 0.181 e. The van der Waals surface area contributed by atoms with Gasteiger partial charge in [-0.05, 0) is 39.3 Å². The Morgan fingerprint density at radius 1 is 1.33 bits per heavy atom. The summed E-state index contributed by atoms with van der Waals surface area (Å²) in [5.41, 5.74) is -0.0494. The number of aromatic nitrogens is 1. The van der Waals surface area contributed by atoms with Gasteiger partial charge in [0, 0.05) is 11.8 Å². The number of Topliss-reactive ketones (excluding diaryl/α,β-unsaturated/α-hetero) is 1. The maximum absolute atomic E-state index is 14.5. The second-order valence-electron chi connectivity index (χ2n) is 4.07. The maximum atomic E-state index is 14.5. The fraction of sp³-hybridized carbons (Fsp3) is 0.538. The van der Waals surface area contributed by atoms with Crippen molar-refractivity contribution in [2.45, 2.75) is 32.6 Å². The van der Waals surface area contributed by atoms with Gasteiger partial charge in [0.2, 0.25) is 0 Å². The van der Waals surface area contributed by atoms with E-state index in [1.807, 2.05) is 0 Å². The Morgan fingerprint density at radius 2 is 1.83 bits per heavy atom. The van der Waals surface area contributed by atoms with Gasteiger partial charge in [0.25, 0.3) is 0 Å². The summed E-state index contributed by atoms with van der Waals surface area (Å²) in [6, 6.07) is 1.74. The third-order valence-corrected chi connectivity index (χ3v) is 8.30. The van der Waals surface area contributed by atoms with Gasteiger partial charge in [0.05, 0.1) is 0 Å². The topological polar surface area (TPSA) is 30.0 Å². The molecule has 0 N–H and O–H groups in total. The molecule has 0 aromatic carbocycles. The molecule has 1 rings (SSSR count). The van der Waals surface area contributed by atoms with E-state index in [1.54, 1.807) is 6.07 Å². The van der Waals surface area contributed by atoms with Gasteiger partial charge in [-0.2, -0.15) is 0 Å². The van der Waals surface area contributed by atoms with Crippen LogP contribution in [0.15, 0.2) is 15.6 Å². The van der Waals surface area contributed by atoms with Crippen LogP contribution in [0.5, 0.6) is 0 Å². The molecular weight excluding hydrogens is 317 g/mol. The number of carbonyl (C=O) groups excluding carboxylic acids is 1. The summed E-state index contributed by atoms with van der Waals surface area (Å²) in [4.78, 5) is 16.1. The van der Waals surface area contributed by atoms with Gasteiger partial charge in [-0.15, -0.1) is 0 Å². The third-order valence-electron chi connectivity index (χ3n) is 3.35. The van der Waals surface area contributed by atoms with Crippen LogP contribution < -0.4 is 0 Å². The first-order valence-electron chi connectivity index (χ1n) is 6.05. The summed E-state index contributed by atoms with van der Waals surface area (Å²) in [5, 5.41) is 0. The van der Waals surface area contributed by atoms with Crippen molar-refractivity contribution in [3.05, 3.63) is 22.2 Å². The third kappa shape index (κ3) is 2.77. The van der Waals surface area contributed by atoms with E-state index in [0.29, 0.717) is 9.50 Å². The molecule has 1 heterocycles. The smallest absolute Gasteiger partial charge is 0.181 e. The van der Waals surface area contributed by atoms with Crippen LogP contribution in [-0.4, -0.2) is 28.0 Å². The highest BCUT2D eigenvalue weighted by atomic mass is 79.9. The van der Waals surface area contributed by atoms with Gasteiger partial charge < -0.3 is 0 Å². The van der Waals surface area contributed by atoms with Gasteiger partial charge in [0.15, 0.2) is 11.6 Å². The van der Waals surface area contributed by atoms with Gasteiger partial charge >= 0.3 is 0 Å². The quantitative estimate of drug-likeness (QED) is 0.589. The molecule has 0 fully saturated rings. The van der Waals surface area contributed by atoms with Gasteiger partial charge in [-0.25, -0.2) is 19.4 Å². The van der Waals surface area contributed by atoms with Crippen LogP contribution in [0.2, 0.25) is 0 Å². The van der Waals surface area contributed by atoms with E-state index in [-0.39, 0.29) is 11.5 Å². The molecule has 1 aromatic rings. The normalized spacial score (nSPS) is 12.6. The summed E-state index contributed by atoms with van der Waals surface area (Å²) in [6.45, 7) is 7.61. The van der Waals surface area contributed by atoms with E-state index in [4.69, 9.17) is 0 Å². The predicted molar refractivity (Wildman–Crippen MR) is 79.4 cm³/mol. The van der Waals surface area contributed by atoms with Crippen molar-refractivity contribution in [3.63, 3.8) is 0 Å². The molecule has 0 amide bonds. The first-order chi connectivity index (χ1) is 8.41. The molecule has 18 heavy (non-hydrogen) atoms. The predicted octanol–water partition coefficient (Wildman–Crippen LogP) is 4.41. The van der Waals surface area contributed by atoms with E-state index in [9.17, 15) is 9.18 Å². The fourth-order valence-corrected chi connectivity index (χ4v) is 5.66. The molecule has 0 radical (unpaired) electrons. The lowest BCUT2D eigenvalue weighted by molar-refractivity contribution is 0.100. The summed E-state index contributed by atoms with van der Waals surface area (Å²) >= 11 is 3.28. The molecule has 0 spiro atoms.